The number of anilines is 1. The number of ether oxygens (including phenoxy) is 1. The minimum absolute atomic E-state index is 0.0316. The molecule has 1 fully saturated rings. The largest absolute Gasteiger partial charge is 0.378 e. The van der Waals surface area contributed by atoms with Gasteiger partial charge >= 0.3 is 6.03 Å². The number of hydrogen-bond donors (Lipinski definition) is 2. The van der Waals surface area contributed by atoms with Crippen molar-refractivity contribution in [2.24, 2.45) is 5.92 Å². The molecule has 0 bridgehead atoms. The summed E-state index contributed by atoms with van der Waals surface area (Å²) in [6.07, 6.45) is 1.03. The Morgan fingerprint density at radius 3 is 2.48 bits per heavy atom. The minimum Gasteiger partial charge on any atom is -0.378 e. The zero-order chi connectivity index (χ0) is 21.2. The second-order valence-corrected chi connectivity index (χ2v) is 7.82. The highest BCUT2D eigenvalue weighted by Crippen LogP contribution is 2.14. The Bertz CT molecular complexity index is 655. The molecule has 7 heteroatoms. The van der Waals surface area contributed by atoms with E-state index in [9.17, 15) is 9.59 Å². The predicted molar refractivity (Wildman–Crippen MR) is 116 cm³/mol. The van der Waals surface area contributed by atoms with Crippen LogP contribution in [0.5, 0.6) is 0 Å². The molecule has 0 aromatic heterocycles. The van der Waals surface area contributed by atoms with Gasteiger partial charge in [-0.15, -0.1) is 0 Å². The maximum absolute atomic E-state index is 12.6. The van der Waals surface area contributed by atoms with Gasteiger partial charge in [0, 0.05) is 36.9 Å². The molecule has 0 spiro atoms. The van der Waals surface area contributed by atoms with Crippen LogP contribution in [-0.4, -0.2) is 73.7 Å². The highest BCUT2D eigenvalue weighted by atomic mass is 16.5. The Morgan fingerprint density at radius 1 is 1.17 bits per heavy atom. The molecule has 1 unspecified atom stereocenters. The molecule has 162 valence electrons. The van der Waals surface area contributed by atoms with E-state index in [1.807, 2.05) is 0 Å². The second-order valence-electron chi connectivity index (χ2n) is 7.82. The lowest BCUT2D eigenvalue weighted by molar-refractivity contribution is 0.0303. The van der Waals surface area contributed by atoms with Crippen molar-refractivity contribution in [2.75, 3.05) is 51.3 Å². The summed E-state index contributed by atoms with van der Waals surface area (Å²) in [5.74, 6) is 0.532. The molecule has 2 rings (SSSR count). The van der Waals surface area contributed by atoms with Crippen molar-refractivity contribution < 1.29 is 14.3 Å². The Morgan fingerprint density at radius 2 is 1.86 bits per heavy atom. The van der Waals surface area contributed by atoms with Gasteiger partial charge in [0.1, 0.15) is 0 Å². The molecule has 1 aromatic rings. The average Bonchev–Trinajstić information content (AvgIpc) is 2.72. The Hall–Kier alpha value is -2.12. The summed E-state index contributed by atoms with van der Waals surface area (Å²) >= 11 is 0. The van der Waals surface area contributed by atoms with Crippen molar-refractivity contribution in [3.05, 3.63) is 29.8 Å². The summed E-state index contributed by atoms with van der Waals surface area (Å²) < 4.78 is 5.30. The van der Waals surface area contributed by atoms with E-state index in [-0.39, 0.29) is 11.9 Å². The van der Waals surface area contributed by atoms with Crippen LogP contribution in [0.1, 0.15) is 44.5 Å². The highest BCUT2D eigenvalue weighted by molar-refractivity contribution is 5.97. The third-order valence-corrected chi connectivity index (χ3v) is 5.24. The normalized spacial score (nSPS) is 15.4. The molecular weight excluding hydrogens is 368 g/mol. The molecule has 3 amide bonds. The van der Waals surface area contributed by atoms with Crippen molar-refractivity contribution in [3.63, 3.8) is 0 Å². The van der Waals surface area contributed by atoms with Gasteiger partial charge in [-0.05, 0) is 43.6 Å². The summed E-state index contributed by atoms with van der Waals surface area (Å²) in [6.45, 7) is 13.5. The van der Waals surface area contributed by atoms with E-state index in [1.54, 1.807) is 29.2 Å². The number of amides is 3. The molecule has 1 atom stereocenters. The lowest BCUT2D eigenvalue weighted by atomic mass is 10.0. The number of rotatable bonds is 9. The fraction of sp³-hybridized carbons (Fsp3) is 0.636. The molecule has 1 heterocycles. The monoisotopic (exact) mass is 404 g/mol. The van der Waals surface area contributed by atoms with Crippen LogP contribution in [0.4, 0.5) is 10.5 Å². The van der Waals surface area contributed by atoms with E-state index in [0.29, 0.717) is 56.1 Å². The zero-order valence-corrected chi connectivity index (χ0v) is 18.2. The molecule has 1 aliphatic heterocycles. The lowest BCUT2D eigenvalue weighted by Crippen LogP contribution is -2.45. The van der Waals surface area contributed by atoms with Crippen LogP contribution in [0.2, 0.25) is 0 Å². The molecule has 29 heavy (non-hydrogen) atoms. The molecule has 0 saturated carbocycles. The molecular formula is C22H36N4O3. The summed E-state index contributed by atoms with van der Waals surface area (Å²) in [5, 5.41) is 5.85. The van der Waals surface area contributed by atoms with Gasteiger partial charge in [-0.2, -0.15) is 0 Å². The Labute approximate surface area is 174 Å². The smallest absolute Gasteiger partial charge is 0.319 e. The predicted octanol–water partition coefficient (Wildman–Crippen LogP) is 3.04. The van der Waals surface area contributed by atoms with Crippen molar-refractivity contribution >= 4 is 17.6 Å². The highest BCUT2D eigenvalue weighted by Gasteiger charge is 2.20. The first-order valence-electron chi connectivity index (χ1n) is 10.7. The van der Waals surface area contributed by atoms with E-state index in [0.717, 1.165) is 19.5 Å². The quantitative estimate of drug-likeness (QED) is 0.663. The zero-order valence-electron chi connectivity index (χ0n) is 18.2. The molecule has 7 nitrogen and oxygen atoms in total. The topological polar surface area (TPSA) is 73.9 Å². The van der Waals surface area contributed by atoms with Crippen LogP contribution in [-0.2, 0) is 4.74 Å². The maximum atomic E-state index is 12.6. The van der Waals surface area contributed by atoms with Gasteiger partial charge in [0.2, 0.25) is 0 Å². The number of nitrogens with one attached hydrogen (secondary N) is 2. The van der Waals surface area contributed by atoms with Gasteiger partial charge in [0.15, 0.2) is 0 Å². The van der Waals surface area contributed by atoms with Crippen LogP contribution < -0.4 is 10.6 Å². The van der Waals surface area contributed by atoms with E-state index in [1.165, 1.54) is 0 Å². The first-order valence-corrected chi connectivity index (χ1v) is 10.7. The Kier molecular flexibility index (Phi) is 9.41. The van der Waals surface area contributed by atoms with Crippen LogP contribution in [0.25, 0.3) is 0 Å². The van der Waals surface area contributed by atoms with Crippen molar-refractivity contribution in [3.8, 4) is 0 Å². The van der Waals surface area contributed by atoms with E-state index < -0.39 is 0 Å². The first-order chi connectivity index (χ1) is 13.9. The molecule has 1 aliphatic rings. The first kappa shape index (κ1) is 23.2. The van der Waals surface area contributed by atoms with Crippen LogP contribution in [0, 0.1) is 5.92 Å². The number of morpholine rings is 1. The maximum Gasteiger partial charge on any atom is 0.319 e. The van der Waals surface area contributed by atoms with E-state index >= 15 is 0 Å². The van der Waals surface area contributed by atoms with Gasteiger partial charge in [-0.3, -0.25) is 9.69 Å². The third kappa shape index (κ3) is 7.33. The number of urea groups is 1. The van der Waals surface area contributed by atoms with Gasteiger partial charge in [-0.25, -0.2) is 4.79 Å². The van der Waals surface area contributed by atoms with Crippen LogP contribution in [0.3, 0.4) is 0 Å². The minimum atomic E-state index is -0.248. The Balaban J connectivity index is 1.93. The van der Waals surface area contributed by atoms with Crippen LogP contribution >= 0.6 is 0 Å². The summed E-state index contributed by atoms with van der Waals surface area (Å²) in [6, 6.07) is 7.16. The number of hydrogen-bond acceptors (Lipinski definition) is 4. The van der Waals surface area contributed by atoms with E-state index in [4.69, 9.17) is 4.74 Å². The summed E-state index contributed by atoms with van der Waals surface area (Å²) in [5.41, 5.74) is 1.19. The van der Waals surface area contributed by atoms with Crippen molar-refractivity contribution in [1.82, 2.24) is 15.1 Å². The number of carbonyl (C=O) groups is 2. The summed E-state index contributed by atoms with van der Waals surface area (Å²) in [7, 11) is 0. The SMILES string of the molecule is CCN(CC)C(CNC(=O)Nc1cccc(C(=O)N2CCOCC2)c1)CC(C)C. The molecule has 1 aromatic carbocycles. The average molecular weight is 405 g/mol. The summed E-state index contributed by atoms with van der Waals surface area (Å²) in [4.78, 5) is 29.2. The lowest BCUT2D eigenvalue weighted by Gasteiger charge is -2.31. The fourth-order valence-corrected chi connectivity index (χ4v) is 3.71. The fourth-order valence-electron chi connectivity index (χ4n) is 3.71. The molecule has 1 saturated heterocycles. The number of benzene rings is 1. The van der Waals surface area contributed by atoms with E-state index in [2.05, 4.69) is 43.2 Å². The number of likely N-dealkylation sites (N-methyl/N-ethyl adjacent to an activating group) is 1. The molecule has 2 N–H and O–H groups in total. The number of nitrogens with zero attached hydrogens (tertiary/aromatic N) is 2. The van der Waals surface area contributed by atoms with Crippen molar-refractivity contribution in [2.45, 2.75) is 40.2 Å². The number of carbonyl (C=O) groups excluding carboxylic acids is 2. The third-order valence-electron chi connectivity index (χ3n) is 5.24. The van der Waals surface area contributed by atoms with Crippen molar-refractivity contribution in [1.29, 1.82) is 0 Å². The van der Waals surface area contributed by atoms with Gasteiger partial charge < -0.3 is 20.3 Å². The standard InChI is InChI=1S/C22H36N4O3/c1-5-25(6-2)20(14-17(3)4)16-23-22(28)24-19-9-7-8-18(15-19)21(27)26-10-12-29-13-11-26/h7-9,15,17,20H,5-6,10-14,16H2,1-4H3,(H2,23,24,28). The second kappa shape index (κ2) is 11.8. The molecule has 0 radical (unpaired) electrons. The van der Waals surface area contributed by atoms with Gasteiger partial charge in [0.25, 0.3) is 5.91 Å². The van der Waals surface area contributed by atoms with Crippen LogP contribution in [0.15, 0.2) is 24.3 Å². The van der Waals surface area contributed by atoms with Gasteiger partial charge in [-0.1, -0.05) is 33.8 Å². The molecule has 0 aliphatic carbocycles. The van der Waals surface area contributed by atoms with Gasteiger partial charge in [0.05, 0.1) is 13.2 Å².